The Kier molecular flexibility index (Phi) is 4.28. The molecular formula is C16H26N2. The molecule has 0 aliphatic carbocycles. The molecule has 2 nitrogen and oxygen atoms in total. The van der Waals surface area contributed by atoms with Gasteiger partial charge in [0.15, 0.2) is 0 Å². The summed E-state index contributed by atoms with van der Waals surface area (Å²) in [5.41, 5.74) is 3.04. The van der Waals surface area contributed by atoms with E-state index in [2.05, 4.69) is 55.7 Å². The number of benzene rings is 1. The van der Waals surface area contributed by atoms with Crippen LogP contribution >= 0.6 is 0 Å². The van der Waals surface area contributed by atoms with Crippen LogP contribution in [0.4, 0.5) is 5.69 Å². The van der Waals surface area contributed by atoms with E-state index in [-0.39, 0.29) is 0 Å². The van der Waals surface area contributed by atoms with Crippen LogP contribution in [0.15, 0.2) is 24.3 Å². The molecule has 2 heteroatoms. The van der Waals surface area contributed by atoms with Crippen LogP contribution in [-0.4, -0.2) is 19.1 Å². The SMILES string of the molecule is CC(C)(C)Cc1ccc(NC2CCCNC2)cc1. The predicted molar refractivity (Wildman–Crippen MR) is 79.1 cm³/mol. The minimum atomic E-state index is 0.363. The Balaban J connectivity index is 1.90. The number of hydrogen-bond acceptors (Lipinski definition) is 2. The van der Waals surface area contributed by atoms with Crippen molar-refractivity contribution in [3.05, 3.63) is 29.8 Å². The number of anilines is 1. The first-order valence-electron chi connectivity index (χ1n) is 7.09. The summed E-state index contributed by atoms with van der Waals surface area (Å²) in [5.74, 6) is 0. The van der Waals surface area contributed by atoms with Crippen LogP contribution in [0.5, 0.6) is 0 Å². The minimum absolute atomic E-state index is 0.363. The number of rotatable bonds is 3. The molecule has 1 aromatic rings. The van der Waals surface area contributed by atoms with Gasteiger partial charge in [-0.05, 0) is 48.9 Å². The molecule has 1 unspecified atom stereocenters. The van der Waals surface area contributed by atoms with E-state index in [0.29, 0.717) is 11.5 Å². The number of hydrogen-bond donors (Lipinski definition) is 2. The first-order valence-corrected chi connectivity index (χ1v) is 7.09. The zero-order valence-electron chi connectivity index (χ0n) is 11.9. The second-order valence-corrected chi connectivity index (χ2v) is 6.62. The fraction of sp³-hybridized carbons (Fsp3) is 0.625. The molecule has 2 N–H and O–H groups in total. The van der Waals surface area contributed by atoms with Crippen LogP contribution in [0.2, 0.25) is 0 Å². The maximum Gasteiger partial charge on any atom is 0.0386 e. The van der Waals surface area contributed by atoms with Gasteiger partial charge in [-0.25, -0.2) is 0 Å². The van der Waals surface area contributed by atoms with Crippen molar-refractivity contribution in [2.24, 2.45) is 5.41 Å². The summed E-state index contributed by atoms with van der Waals surface area (Å²) < 4.78 is 0. The summed E-state index contributed by atoms with van der Waals surface area (Å²) in [6.45, 7) is 9.11. The highest BCUT2D eigenvalue weighted by molar-refractivity contribution is 5.45. The van der Waals surface area contributed by atoms with Gasteiger partial charge in [-0.2, -0.15) is 0 Å². The summed E-state index contributed by atoms with van der Waals surface area (Å²) >= 11 is 0. The van der Waals surface area contributed by atoms with Crippen molar-refractivity contribution in [2.75, 3.05) is 18.4 Å². The molecule has 1 fully saturated rings. The van der Waals surface area contributed by atoms with Gasteiger partial charge in [-0.15, -0.1) is 0 Å². The van der Waals surface area contributed by atoms with Crippen molar-refractivity contribution in [1.29, 1.82) is 0 Å². The van der Waals surface area contributed by atoms with Gasteiger partial charge in [-0.3, -0.25) is 0 Å². The largest absolute Gasteiger partial charge is 0.381 e. The van der Waals surface area contributed by atoms with Crippen LogP contribution in [-0.2, 0) is 6.42 Å². The fourth-order valence-electron chi connectivity index (χ4n) is 2.54. The molecule has 1 heterocycles. The van der Waals surface area contributed by atoms with Crippen molar-refractivity contribution in [3.8, 4) is 0 Å². The van der Waals surface area contributed by atoms with Gasteiger partial charge in [0.1, 0.15) is 0 Å². The smallest absolute Gasteiger partial charge is 0.0386 e. The summed E-state index contributed by atoms with van der Waals surface area (Å²) in [7, 11) is 0. The predicted octanol–water partition coefficient (Wildman–Crippen LogP) is 3.44. The van der Waals surface area contributed by atoms with Crippen LogP contribution in [0, 0.1) is 5.41 Å². The molecular weight excluding hydrogens is 220 g/mol. The van der Waals surface area contributed by atoms with E-state index in [4.69, 9.17) is 0 Å². The quantitative estimate of drug-likeness (QED) is 0.853. The third kappa shape index (κ3) is 4.34. The summed E-state index contributed by atoms with van der Waals surface area (Å²) in [4.78, 5) is 0. The highest BCUT2D eigenvalue weighted by atomic mass is 15.0. The Hall–Kier alpha value is -1.02. The van der Waals surface area contributed by atoms with Gasteiger partial charge in [0.2, 0.25) is 0 Å². The van der Waals surface area contributed by atoms with Crippen molar-refractivity contribution in [1.82, 2.24) is 5.32 Å². The fourth-order valence-corrected chi connectivity index (χ4v) is 2.54. The zero-order valence-corrected chi connectivity index (χ0v) is 11.9. The summed E-state index contributed by atoms with van der Waals surface area (Å²) in [6, 6.07) is 9.53. The van der Waals surface area contributed by atoms with Crippen LogP contribution in [0.3, 0.4) is 0 Å². The number of piperidine rings is 1. The highest BCUT2D eigenvalue weighted by Gasteiger charge is 2.13. The Morgan fingerprint density at radius 1 is 1.22 bits per heavy atom. The zero-order chi connectivity index (χ0) is 13.0. The van der Waals surface area contributed by atoms with Crippen LogP contribution in [0.25, 0.3) is 0 Å². The van der Waals surface area contributed by atoms with E-state index in [1.54, 1.807) is 0 Å². The molecule has 1 aliphatic heterocycles. The lowest BCUT2D eigenvalue weighted by Crippen LogP contribution is -2.38. The second-order valence-electron chi connectivity index (χ2n) is 6.62. The van der Waals surface area contributed by atoms with Gasteiger partial charge in [0.25, 0.3) is 0 Å². The van der Waals surface area contributed by atoms with E-state index >= 15 is 0 Å². The molecule has 0 bridgehead atoms. The Morgan fingerprint density at radius 3 is 2.50 bits per heavy atom. The third-order valence-corrected chi connectivity index (χ3v) is 3.36. The van der Waals surface area contributed by atoms with Crippen molar-refractivity contribution >= 4 is 5.69 Å². The first-order chi connectivity index (χ1) is 8.53. The maximum atomic E-state index is 3.61. The minimum Gasteiger partial charge on any atom is -0.381 e. The third-order valence-electron chi connectivity index (χ3n) is 3.36. The van der Waals surface area contributed by atoms with E-state index in [1.807, 2.05) is 0 Å². The monoisotopic (exact) mass is 246 g/mol. The Morgan fingerprint density at radius 2 is 1.94 bits per heavy atom. The average molecular weight is 246 g/mol. The molecule has 0 saturated carbocycles. The lowest BCUT2D eigenvalue weighted by Gasteiger charge is -2.25. The summed E-state index contributed by atoms with van der Waals surface area (Å²) in [5, 5.41) is 7.04. The highest BCUT2D eigenvalue weighted by Crippen LogP contribution is 2.22. The van der Waals surface area contributed by atoms with E-state index in [0.717, 1.165) is 13.0 Å². The average Bonchev–Trinajstić information content (AvgIpc) is 2.31. The van der Waals surface area contributed by atoms with Crippen molar-refractivity contribution in [3.63, 3.8) is 0 Å². The van der Waals surface area contributed by atoms with Crippen LogP contribution in [0.1, 0.15) is 39.2 Å². The van der Waals surface area contributed by atoms with Gasteiger partial charge >= 0.3 is 0 Å². The molecule has 1 aromatic carbocycles. The topological polar surface area (TPSA) is 24.1 Å². The number of nitrogens with one attached hydrogen (secondary N) is 2. The second kappa shape index (κ2) is 5.75. The molecule has 1 atom stereocenters. The Bertz CT molecular complexity index is 356. The summed E-state index contributed by atoms with van der Waals surface area (Å²) in [6.07, 6.45) is 3.69. The van der Waals surface area contributed by atoms with Crippen molar-refractivity contribution in [2.45, 2.75) is 46.1 Å². The van der Waals surface area contributed by atoms with E-state index in [1.165, 1.54) is 30.6 Å². The molecule has 18 heavy (non-hydrogen) atoms. The molecule has 100 valence electrons. The maximum absolute atomic E-state index is 3.61. The lowest BCUT2D eigenvalue weighted by atomic mass is 9.88. The van der Waals surface area contributed by atoms with Gasteiger partial charge in [0.05, 0.1) is 0 Å². The van der Waals surface area contributed by atoms with Gasteiger partial charge < -0.3 is 10.6 Å². The first kappa shape index (κ1) is 13.4. The molecule has 1 aliphatic rings. The molecule has 1 saturated heterocycles. The molecule has 0 radical (unpaired) electrons. The van der Waals surface area contributed by atoms with Gasteiger partial charge in [-0.1, -0.05) is 32.9 Å². The standard InChI is InChI=1S/C16H26N2/c1-16(2,3)11-13-6-8-14(9-7-13)18-15-5-4-10-17-12-15/h6-9,15,17-18H,4-5,10-12H2,1-3H3. The molecule has 0 aromatic heterocycles. The van der Waals surface area contributed by atoms with E-state index < -0.39 is 0 Å². The lowest BCUT2D eigenvalue weighted by molar-refractivity contribution is 0.411. The molecule has 2 rings (SSSR count). The van der Waals surface area contributed by atoms with Crippen LogP contribution < -0.4 is 10.6 Å². The normalized spacial score (nSPS) is 20.7. The Labute approximate surface area is 111 Å². The van der Waals surface area contributed by atoms with Gasteiger partial charge in [0, 0.05) is 18.3 Å². The molecule has 0 amide bonds. The van der Waals surface area contributed by atoms with E-state index in [9.17, 15) is 0 Å². The molecule has 0 spiro atoms. The van der Waals surface area contributed by atoms with Crippen molar-refractivity contribution < 1.29 is 0 Å².